The molecule has 0 aromatic rings. The first-order valence-electron chi connectivity index (χ1n) is 6.65. The molecule has 0 aromatic heterocycles. The van der Waals surface area contributed by atoms with Crippen LogP contribution in [0.3, 0.4) is 0 Å². The largest absolute Gasteiger partial charge is 2.00 e. The average Bonchev–Trinajstić information content (AvgIpc) is 2.29. The summed E-state index contributed by atoms with van der Waals surface area (Å²) < 4.78 is 0. The fourth-order valence-electron chi connectivity index (χ4n) is 1.48. The Morgan fingerprint density at radius 2 is 1.00 bits per heavy atom. The van der Waals surface area contributed by atoms with Gasteiger partial charge in [0.2, 0.25) is 0 Å². The van der Waals surface area contributed by atoms with Crippen LogP contribution >= 0.6 is 7.92 Å². The molecule has 0 radical (unpaired) electrons. The van der Waals surface area contributed by atoms with E-state index in [1.807, 2.05) is 0 Å². The zero-order valence-electron chi connectivity index (χ0n) is 12.5. The molecule has 2 N–H and O–H groups in total. The van der Waals surface area contributed by atoms with Gasteiger partial charge in [-0.15, -0.1) is 15.6 Å². The van der Waals surface area contributed by atoms with E-state index in [4.69, 9.17) is 10.0 Å². The van der Waals surface area contributed by atoms with Crippen LogP contribution in [0, 0.1) is 0 Å². The van der Waals surface area contributed by atoms with Crippen LogP contribution < -0.4 is 10.0 Å². The quantitative estimate of drug-likeness (QED) is 0.461. The second kappa shape index (κ2) is 26.7. The summed E-state index contributed by atoms with van der Waals surface area (Å²) in [5.41, 5.74) is 0. The van der Waals surface area contributed by atoms with Crippen molar-refractivity contribution in [2.24, 2.45) is 0 Å². The summed E-state index contributed by atoms with van der Waals surface area (Å²) in [5, 5.41) is 16.8. The summed E-state index contributed by atoms with van der Waals surface area (Å²) in [6.07, 6.45) is 13.2. The van der Waals surface area contributed by atoms with Gasteiger partial charge in [-0.05, 0) is 37.7 Å². The predicted octanol–water partition coefficient (Wildman–Crippen LogP) is 0.637. The van der Waals surface area contributed by atoms with E-state index in [1.165, 1.54) is 38.5 Å². The minimum Gasteiger partial charge on any atom is -0.896 e. The first-order chi connectivity index (χ1) is 7.76. The van der Waals surface area contributed by atoms with Crippen molar-refractivity contribution in [2.75, 3.05) is 18.5 Å². The molecule has 0 aliphatic heterocycles. The van der Waals surface area contributed by atoms with Crippen molar-refractivity contribution in [3.05, 3.63) is 0 Å². The monoisotopic (exact) mass is 288 g/mol. The summed E-state index contributed by atoms with van der Waals surface area (Å²) in [7, 11) is -0.828. The molecule has 0 atom stereocenters. The summed E-state index contributed by atoms with van der Waals surface area (Å²) in [5.74, 6) is 0. The third kappa shape index (κ3) is 25.9. The molecule has 3 nitrogen and oxygen atoms in total. The molecule has 106 valence electrons. The molecule has 6 heteroatoms. The maximum Gasteiger partial charge on any atom is 2.00 e. The summed E-state index contributed by atoms with van der Waals surface area (Å²) in [4.78, 5) is 0. The van der Waals surface area contributed by atoms with Crippen LogP contribution in [0.1, 0.15) is 59.3 Å². The normalized spacial score (nSPS) is 8.78. The SMILES string of the molecule is CCCCP(CCCC)CCCC.O.[Mg+2].[O-]B[O-]. The molecule has 0 aliphatic carbocycles. The topological polar surface area (TPSA) is 77.6 Å². The van der Waals surface area contributed by atoms with E-state index < -0.39 is 7.69 Å². The zero-order valence-corrected chi connectivity index (χ0v) is 14.9. The molecule has 0 spiro atoms. The van der Waals surface area contributed by atoms with Gasteiger partial charge in [0.25, 0.3) is 0 Å². The molecule has 0 aliphatic rings. The molecule has 18 heavy (non-hydrogen) atoms. The Morgan fingerprint density at radius 3 is 1.17 bits per heavy atom. The van der Waals surface area contributed by atoms with Crippen molar-refractivity contribution in [3.8, 4) is 0 Å². The first kappa shape index (κ1) is 27.5. The van der Waals surface area contributed by atoms with Gasteiger partial charge in [-0.25, -0.2) is 0 Å². The molecule has 0 bridgehead atoms. The van der Waals surface area contributed by atoms with Gasteiger partial charge in [-0.3, -0.25) is 0 Å². The van der Waals surface area contributed by atoms with Crippen LogP contribution in [-0.4, -0.2) is 54.7 Å². The van der Waals surface area contributed by atoms with Gasteiger partial charge < -0.3 is 15.5 Å². The van der Waals surface area contributed by atoms with E-state index in [9.17, 15) is 0 Å². The van der Waals surface area contributed by atoms with Crippen molar-refractivity contribution in [3.63, 3.8) is 0 Å². The number of unbranched alkanes of at least 4 members (excludes halogenated alkanes) is 3. The molecule has 0 unspecified atom stereocenters. The molecule has 0 saturated heterocycles. The van der Waals surface area contributed by atoms with Crippen molar-refractivity contribution < 1.29 is 15.5 Å². The van der Waals surface area contributed by atoms with Gasteiger partial charge in [-0.2, -0.15) is 0 Å². The van der Waals surface area contributed by atoms with Crippen LogP contribution in [0.4, 0.5) is 0 Å². The predicted molar refractivity (Wildman–Crippen MR) is 82.8 cm³/mol. The summed E-state index contributed by atoms with van der Waals surface area (Å²) in [6, 6.07) is 0. The van der Waals surface area contributed by atoms with Crippen molar-refractivity contribution in [1.29, 1.82) is 0 Å². The Bertz CT molecular complexity index is 104. The van der Waals surface area contributed by atoms with Crippen LogP contribution in [0.5, 0.6) is 0 Å². The fourth-order valence-corrected chi connectivity index (χ4v) is 4.44. The van der Waals surface area contributed by atoms with Crippen molar-refractivity contribution >= 4 is 38.7 Å². The van der Waals surface area contributed by atoms with Crippen molar-refractivity contribution in [1.82, 2.24) is 0 Å². The second-order valence-electron chi connectivity index (χ2n) is 4.02. The van der Waals surface area contributed by atoms with Crippen LogP contribution in [0.2, 0.25) is 0 Å². The summed E-state index contributed by atoms with van der Waals surface area (Å²) in [6.45, 7) is 6.94. The third-order valence-electron chi connectivity index (χ3n) is 2.48. The first-order valence-corrected chi connectivity index (χ1v) is 8.54. The van der Waals surface area contributed by atoms with E-state index in [0.717, 1.165) is 0 Å². The maximum absolute atomic E-state index is 8.38. The smallest absolute Gasteiger partial charge is 0.896 e. The molecule has 0 fully saturated rings. The molecule has 0 rings (SSSR count). The van der Waals surface area contributed by atoms with Gasteiger partial charge in [0.15, 0.2) is 0 Å². The molecule has 0 saturated carbocycles. The minimum atomic E-state index is -1.25. The van der Waals surface area contributed by atoms with E-state index in [-0.39, 0.29) is 28.5 Å². The number of rotatable bonds is 9. The van der Waals surface area contributed by atoms with E-state index in [2.05, 4.69) is 20.8 Å². The van der Waals surface area contributed by atoms with Gasteiger partial charge in [0.05, 0.1) is 0 Å². The Kier molecular flexibility index (Phi) is 40.7. The Morgan fingerprint density at radius 1 is 0.778 bits per heavy atom. The number of hydrogen-bond acceptors (Lipinski definition) is 2. The van der Waals surface area contributed by atoms with E-state index >= 15 is 0 Å². The maximum atomic E-state index is 8.38. The standard InChI is InChI=1S/C12H27P.BHO2.Mg.H2O/c1-4-7-10-13(11-8-5-2)12-9-6-3;2-1-3;;/h4-12H2,1-3H3;1H;;1H2/q;-2;+2;. The van der Waals surface area contributed by atoms with Gasteiger partial charge in [0.1, 0.15) is 0 Å². The molecule has 0 aromatic carbocycles. The van der Waals surface area contributed by atoms with E-state index in [1.54, 1.807) is 18.5 Å². The average molecular weight is 288 g/mol. The van der Waals surface area contributed by atoms with Crippen LogP contribution in [-0.2, 0) is 0 Å². The van der Waals surface area contributed by atoms with Crippen molar-refractivity contribution in [2.45, 2.75) is 59.3 Å². The zero-order chi connectivity index (χ0) is 12.6. The Balaban J connectivity index is -0.000000177. The minimum absolute atomic E-state index is 0. The van der Waals surface area contributed by atoms with Crippen LogP contribution in [0.25, 0.3) is 0 Å². The second-order valence-corrected chi connectivity index (χ2v) is 6.70. The summed E-state index contributed by atoms with van der Waals surface area (Å²) >= 11 is 0. The Labute approximate surface area is 132 Å². The van der Waals surface area contributed by atoms with Gasteiger partial charge in [0, 0.05) is 0 Å². The molecule has 0 heterocycles. The molecular formula is C12H30BMgO3P. The van der Waals surface area contributed by atoms with Crippen LogP contribution in [0.15, 0.2) is 0 Å². The number of hydrogen-bond donors (Lipinski definition) is 0. The van der Waals surface area contributed by atoms with Gasteiger partial charge in [-0.1, -0.05) is 40.0 Å². The Hall–Kier alpha value is 1.14. The molecule has 0 amide bonds. The van der Waals surface area contributed by atoms with E-state index in [0.29, 0.717) is 7.92 Å². The third-order valence-corrected chi connectivity index (χ3v) is 5.33. The van der Waals surface area contributed by atoms with Gasteiger partial charge >= 0.3 is 23.1 Å². The molecular weight excluding hydrogens is 258 g/mol. The fraction of sp³-hybridized carbons (Fsp3) is 1.00.